The van der Waals surface area contributed by atoms with Gasteiger partial charge >= 0.3 is 0 Å². The fraction of sp³-hybridized carbons (Fsp3) is 0.920. The largest absolute Gasteiger partial charge is 0.103 e. The Bertz CT molecular complexity index is 309. The van der Waals surface area contributed by atoms with Gasteiger partial charge in [0, 0.05) is 12.8 Å². The number of unbranched alkanes of at least 4 members (excludes halogenated alkanes) is 15. The molecule has 0 unspecified atom stereocenters. The Balaban J connectivity index is 3.14. The fourth-order valence-corrected chi connectivity index (χ4v) is 3.28. The molecule has 0 saturated carbocycles. The molecule has 0 bridgehead atoms. The van der Waals surface area contributed by atoms with Crippen LogP contribution < -0.4 is 0 Å². The van der Waals surface area contributed by atoms with Crippen molar-refractivity contribution in [1.29, 1.82) is 0 Å². The van der Waals surface area contributed by atoms with E-state index in [9.17, 15) is 0 Å². The topological polar surface area (TPSA) is 0 Å². The van der Waals surface area contributed by atoms with Crippen LogP contribution in [0.3, 0.4) is 0 Å². The second-order valence-corrected chi connectivity index (χ2v) is 9.11. The summed E-state index contributed by atoms with van der Waals surface area (Å²) in [5, 5.41) is 0. The first kappa shape index (κ1) is 24.6. The lowest BCUT2D eigenvalue weighted by Crippen LogP contribution is -2.03. The van der Waals surface area contributed by atoms with E-state index in [0.717, 1.165) is 12.8 Å². The van der Waals surface area contributed by atoms with E-state index in [1.54, 1.807) is 0 Å². The van der Waals surface area contributed by atoms with E-state index >= 15 is 0 Å². The molecular weight excluding hydrogens is 300 g/mol. The van der Waals surface area contributed by atoms with Gasteiger partial charge in [-0.1, -0.05) is 111 Å². The minimum absolute atomic E-state index is 0.521. The van der Waals surface area contributed by atoms with Crippen LogP contribution in [0.5, 0.6) is 0 Å². The van der Waals surface area contributed by atoms with Gasteiger partial charge in [-0.3, -0.25) is 0 Å². The van der Waals surface area contributed by atoms with Crippen LogP contribution >= 0.6 is 0 Å². The molecule has 25 heavy (non-hydrogen) atoms. The van der Waals surface area contributed by atoms with Gasteiger partial charge in [0.05, 0.1) is 0 Å². The summed E-state index contributed by atoms with van der Waals surface area (Å²) in [4.78, 5) is 0. The van der Waals surface area contributed by atoms with Gasteiger partial charge in [-0.15, -0.1) is 11.8 Å². The van der Waals surface area contributed by atoms with Crippen LogP contribution in [-0.4, -0.2) is 0 Å². The highest BCUT2D eigenvalue weighted by Crippen LogP contribution is 2.22. The smallest absolute Gasteiger partial charge is 0.00886 e. The zero-order chi connectivity index (χ0) is 18.6. The van der Waals surface area contributed by atoms with Crippen LogP contribution in [0.4, 0.5) is 0 Å². The zero-order valence-electron chi connectivity index (χ0n) is 18.2. The molecule has 0 aromatic heterocycles. The van der Waals surface area contributed by atoms with Crippen molar-refractivity contribution in [2.24, 2.45) is 5.41 Å². The summed E-state index contributed by atoms with van der Waals surface area (Å²) in [5.41, 5.74) is 0.521. The van der Waals surface area contributed by atoms with Crippen molar-refractivity contribution in [3.63, 3.8) is 0 Å². The predicted molar refractivity (Wildman–Crippen MR) is 116 cm³/mol. The molecule has 0 aliphatic carbocycles. The maximum absolute atomic E-state index is 3.38. The first-order valence-corrected chi connectivity index (χ1v) is 11.5. The molecule has 148 valence electrons. The summed E-state index contributed by atoms with van der Waals surface area (Å²) in [5.74, 6) is 6.76. The van der Waals surface area contributed by atoms with E-state index in [0.29, 0.717) is 5.41 Å². The van der Waals surface area contributed by atoms with Crippen LogP contribution in [0.25, 0.3) is 0 Å². The fourth-order valence-electron chi connectivity index (χ4n) is 3.28. The first-order valence-electron chi connectivity index (χ1n) is 11.5. The van der Waals surface area contributed by atoms with Gasteiger partial charge in [0.1, 0.15) is 0 Å². The molecule has 0 amide bonds. The molecule has 0 aliphatic heterocycles. The second-order valence-electron chi connectivity index (χ2n) is 9.11. The van der Waals surface area contributed by atoms with Gasteiger partial charge in [-0.05, 0) is 24.7 Å². The van der Waals surface area contributed by atoms with Gasteiger partial charge in [-0.25, -0.2) is 0 Å². The Kier molecular flexibility index (Phi) is 18.0. The van der Waals surface area contributed by atoms with Crippen molar-refractivity contribution in [2.45, 2.75) is 143 Å². The lowest BCUT2D eigenvalue weighted by Gasteiger charge is -2.17. The van der Waals surface area contributed by atoms with Gasteiger partial charge in [0.25, 0.3) is 0 Å². The monoisotopic (exact) mass is 348 g/mol. The molecule has 0 saturated heterocycles. The van der Waals surface area contributed by atoms with Crippen LogP contribution in [0, 0.1) is 17.3 Å². The molecular formula is C25H48. The second kappa shape index (κ2) is 18.4. The average molecular weight is 349 g/mol. The molecule has 0 atom stereocenters. The van der Waals surface area contributed by atoms with E-state index in [1.807, 2.05) is 0 Å². The van der Waals surface area contributed by atoms with Crippen molar-refractivity contribution >= 4 is 0 Å². The van der Waals surface area contributed by atoms with Crippen molar-refractivity contribution in [3.05, 3.63) is 0 Å². The molecule has 0 aromatic carbocycles. The Morgan fingerprint density at radius 2 is 0.840 bits per heavy atom. The maximum Gasteiger partial charge on any atom is 0.00886 e. The van der Waals surface area contributed by atoms with Gasteiger partial charge in [-0.2, -0.15) is 0 Å². The molecule has 0 heteroatoms. The molecule has 0 N–H and O–H groups in total. The Labute approximate surface area is 160 Å². The summed E-state index contributed by atoms with van der Waals surface area (Å²) in [6.07, 6.45) is 24.6. The third-order valence-electron chi connectivity index (χ3n) is 5.01. The molecule has 0 spiro atoms. The molecule has 0 rings (SSSR count). The SMILES string of the molecule is CCCCCCCCCCC#CCCCCCCCCCC(C)(C)C. The molecule has 0 aromatic rings. The predicted octanol–water partition coefficient (Wildman–Crippen LogP) is 9.08. The van der Waals surface area contributed by atoms with Gasteiger partial charge in [0.15, 0.2) is 0 Å². The third-order valence-corrected chi connectivity index (χ3v) is 5.01. The maximum atomic E-state index is 3.38. The molecule has 0 heterocycles. The highest BCUT2D eigenvalue weighted by atomic mass is 14.1. The summed E-state index contributed by atoms with van der Waals surface area (Å²) in [7, 11) is 0. The quantitative estimate of drug-likeness (QED) is 0.193. The van der Waals surface area contributed by atoms with Gasteiger partial charge in [0.2, 0.25) is 0 Å². The van der Waals surface area contributed by atoms with Crippen LogP contribution in [0.1, 0.15) is 143 Å². The molecule has 0 fully saturated rings. The first-order chi connectivity index (χ1) is 12.1. The van der Waals surface area contributed by atoms with Crippen LogP contribution in [-0.2, 0) is 0 Å². The van der Waals surface area contributed by atoms with E-state index < -0.39 is 0 Å². The van der Waals surface area contributed by atoms with Gasteiger partial charge < -0.3 is 0 Å². The van der Waals surface area contributed by atoms with Crippen molar-refractivity contribution in [1.82, 2.24) is 0 Å². The average Bonchev–Trinajstić information content (AvgIpc) is 2.56. The molecule has 0 nitrogen and oxygen atoms in total. The van der Waals surface area contributed by atoms with Crippen LogP contribution in [0.2, 0.25) is 0 Å². The number of hydrogen-bond acceptors (Lipinski definition) is 0. The third kappa shape index (κ3) is 23.6. The van der Waals surface area contributed by atoms with Crippen LogP contribution in [0.15, 0.2) is 0 Å². The van der Waals surface area contributed by atoms with Crippen molar-refractivity contribution in [3.8, 4) is 11.8 Å². The summed E-state index contributed by atoms with van der Waals surface area (Å²) >= 11 is 0. The molecule has 0 radical (unpaired) electrons. The minimum atomic E-state index is 0.521. The summed E-state index contributed by atoms with van der Waals surface area (Å²) in [6.45, 7) is 9.34. The van der Waals surface area contributed by atoms with E-state index in [1.165, 1.54) is 103 Å². The lowest BCUT2D eigenvalue weighted by atomic mass is 9.89. The van der Waals surface area contributed by atoms with E-state index in [-0.39, 0.29) is 0 Å². The number of rotatable bonds is 16. The van der Waals surface area contributed by atoms with E-state index in [4.69, 9.17) is 0 Å². The Morgan fingerprint density at radius 3 is 1.24 bits per heavy atom. The Morgan fingerprint density at radius 1 is 0.480 bits per heavy atom. The standard InChI is InChI=1S/C25H48/c1-5-6-7-8-9-10-11-12-13-14-15-16-17-18-19-20-21-22-23-24-25(2,3)4/h5-13,16-24H2,1-4H3. The summed E-state index contributed by atoms with van der Waals surface area (Å²) in [6, 6.07) is 0. The normalized spacial score (nSPS) is 11.4. The molecule has 0 aliphatic rings. The highest BCUT2D eigenvalue weighted by molar-refractivity contribution is 4.98. The van der Waals surface area contributed by atoms with Crippen molar-refractivity contribution < 1.29 is 0 Å². The lowest BCUT2D eigenvalue weighted by molar-refractivity contribution is 0.356. The van der Waals surface area contributed by atoms with Crippen molar-refractivity contribution in [2.75, 3.05) is 0 Å². The summed E-state index contributed by atoms with van der Waals surface area (Å²) < 4.78 is 0. The van der Waals surface area contributed by atoms with E-state index in [2.05, 4.69) is 39.5 Å². The minimum Gasteiger partial charge on any atom is -0.103 e. The number of hydrogen-bond donors (Lipinski definition) is 0. The highest BCUT2D eigenvalue weighted by Gasteiger charge is 2.08. The Hall–Kier alpha value is -0.440. The zero-order valence-corrected chi connectivity index (χ0v) is 18.2.